The maximum Gasteiger partial charge on any atom is 0.256 e. The van der Waals surface area contributed by atoms with Crippen molar-refractivity contribution in [3.8, 4) is 11.6 Å². The highest BCUT2D eigenvalue weighted by Gasteiger charge is 2.11. The molecule has 2 aromatic rings. The first-order chi connectivity index (χ1) is 8.08. The number of aromatic nitrogens is 1. The van der Waals surface area contributed by atoms with Crippen LogP contribution in [0.4, 0.5) is 10.1 Å². The molecule has 6 heteroatoms. The molecule has 0 aliphatic carbocycles. The molecular formula is C11H7BrClFN2O. The van der Waals surface area contributed by atoms with Crippen molar-refractivity contribution in [2.45, 2.75) is 0 Å². The van der Waals surface area contributed by atoms with Gasteiger partial charge in [0.2, 0.25) is 0 Å². The monoisotopic (exact) mass is 316 g/mol. The molecule has 0 bridgehead atoms. The normalized spacial score (nSPS) is 10.3. The third kappa shape index (κ3) is 2.68. The largest absolute Gasteiger partial charge is 0.433 e. The van der Waals surface area contributed by atoms with Crippen molar-refractivity contribution in [2.75, 3.05) is 5.73 Å². The van der Waals surface area contributed by atoms with E-state index in [1.807, 2.05) is 0 Å². The van der Waals surface area contributed by atoms with E-state index in [-0.39, 0.29) is 10.9 Å². The standard InChI is InChI=1S/C11H7BrClFN2O/c12-7-2-1-3-9(15)10(7)17-11-8(14)4-6(13)5-16-11/h1-5H,15H2. The number of benzene rings is 1. The molecule has 2 rings (SSSR count). The van der Waals surface area contributed by atoms with Gasteiger partial charge >= 0.3 is 0 Å². The Morgan fingerprint density at radius 2 is 2.18 bits per heavy atom. The van der Waals surface area contributed by atoms with Gasteiger partial charge in [0.15, 0.2) is 11.6 Å². The lowest BCUT2D eigenvalue weighted by atomic mass is 10.3. The summed E-state index contributed by atoms with van der Waals surface area (Å²) in [6.07, 6.45) is 1.30. The lowest BCUT2D eigenvalue weighted by Crippen LogP contribution is -1.96. The Labute approximate surface area is 110 Å². The lowest BCUT2D eigenvalue weighted by Gasteiger charge is -2.09. The van der Waals surface area contributed by atoms with E-state index >= 15 is 0 Å². The minimum absolute atomic E-state index is 0.173. The topological polar surface area (TPSA) is 48.1 Å². The van der Waals surface area contributed by atoms with Gasteiger partial charge in [-0.2, -0.15) is 0 Å². The molecule has 0 unspecified atom stereocenters. The van der Waals surface area contributed by atoms with Crippen LogP contribution in [-0.4, -0.2) is 4.98 Å². The predicted octanol–water partition coefficient (Wildman–Crippen LogP) is 4.01. The third-order valence-corrected chi connectivity index (χ3v) is 2.80. The van der Waals surface area contributed by atoms with E-state index in [2.05, 4.69) is 20.9 Å². The van der Waals surface area contributed by atoms with Crippen LogP contribution >= 0.6 is 27.5 Å². The van der Waals surface area contributed by atoms with Crippen molar-refractivity contribution >= 4 is 33.2 Å². The van der Waals surface area contributed by atoms with Crippen molar-refractivity contribution in [2.24, 2.45) is 0 Å². The molecule has 3 nitrogen and oxygen atoms in total. The summed E-state index contributed by atoms with van der Waals surface area (Å²) in [4.78, 5) is 3.75. The molecule has 2 N–H and O–H groups in total. The molecule has 88 valence electrons. The van der Waals surface area contributed by atoms with Gasteiger partial charge in [-0.25, -0.2) is 9.37 Å². The number of hydrogen-bond acceptors (Lipinski definition) is 3. The van der Waals surface area contributed by atoms with Crippen LogP contribution in [0.2, 0.25) is 5.02 Å². The number of ether oxygens (including phenoxy) is 1. The second kappa shape index (κ2) is 4.89. The molecule has 1 aromatic heterocycles. The summed E-state index contributed by atoms with van der Waals surface area (Å²) in [6, 6.07) is 6.25. The van der Waals surface area contributed by atoms with Gasteiger partial charge in [-0.05, 0) is 34.1 Å². The second-order valence-corrected chi connectivity index (χ2v) is 4.49. The Morgan fingerprint density at radius 3 is 2.82 bits per heavy atom. The highest BCUT2D eigenvalue weighted by Crippen LogP contribution is 2.35. The van der Waals surface area contributed by atoms with Gasteiger partial charge in [0.1, 0.15) is 0 Å². The van der Waals surface area contributed by atoms with E-state index in [9.17, 15) is 4.39 Å². The summed E-state index contributed by atoms with van der Waals surface area (Å²) in [5, 5.41) is 0.204. The van der Waals surface area contributed by atoms with E-state index in [1.54, 1.807) is 18.2 Å². The quantitative estimate of drug-likeness (QED) is 0.851. The maximum absolute atomic E-state index is 13.5. The van der Waals surface area contributed by atoms with Gasteiger partial charge in [0.25, 0.3) is 5.88 Å². The van der Waals surface area contributed by atoms with E-state index in [4.69, 9.17) is 22.1 Å². The number of nitrogens with zero attached hydrogens (tertiary/aromatic N) is 1. The highest BCUT2D eigenvalue weighted by molar-refractivity contribution is 9.10. The number of anilines is 1. The molecule has 0 saturated carbocycles. The number of halogens is 3. The first kappa shape index (κ1) is 12.1. The fraction of sp³-hybridized carbons (Fsp3) is 0. The third-order valence-electron chi connectivity index (χ3n) is 1.97. The molecule has 0 aliphatic rings. The fourth-order valence-corrected chi connectivity index (χ4v) is 1.81. The fourth-order valence-electron chi connectivity index (χ4n) is 1.21. The summed E-state index contributed by atoms with van der Waals surface area (Å²) < 4.78 is 19.4. The Hall–Kier alpha value is -1.33. The van der Waals surface area contributed by atoms with Crippen molar-refractivity contribution in [1.29, 1.82) is 0 Å². The Kier molecular flexibility index (Phi) is 3.49. The van der Waals surface area contributed by atoms with E-state index in [0.717, 1.165) is 6.07 Å². The van der Waals surface area contributed by atoms with Crippen molar-refractivity contribution in [1.82, 2.24) is 4.98 Å². The molecule has 0 atom stereocenters. The van der Waals surface area contributed by atoms with Gasteiger partial charge in [0.05, 0.1) is 15.2 Å². The van der Waals surface area contributed by atoms with Crippen molar-refractivity contribution in [3.05, 3.63) is 45.8 Å². The van der Waals surface area contributed by atoms with E-state index in [1.165, 1.54) is 6.20 Å². The van der Waals surface area contributed by atoms with Crippen LogP contribution in [0.25, 0.3) is 0 Å². The van der Waals surface area contributed by atoms with Gasteiger partial charge in [-0.1, -0.05) is 17.7 Å². The minimum Gasteiger partial charge on any atom is -0.433 e. The predicted molar refractivity (Wildman–Crippen MR) is 67.8 cm³/mol. The summed E-state index contributed by atoms with van der Waals surface area (Å²) in [5.41, 5.74) is 6.10. The van der Waals surface area contributed by atoms with Crippen molar-refractivity contribution < 1.29 is 9.13 Å². The van der Waals surface area contributed by atoms with Gasteiger partial charge in [-0.3, -0.25) is 0 Å². The first-order valence-corrected chi connectivity index (χ1v) is 5.78. The Bertz CT molecular complexity index is 545. The molecule has 0 fully saturated rings. The maximum atomic E-state index is 13.5. The van der Waals surface area contributed by atoms with Crippen LogP contribution in [0.15, 0.2) is 34.9 Å². The molecule has 1 aromatic carbocycles. The van der Waals surface area contributed by atoms with Crippen LogP contribution in [0.3, 0.4) is 0 Å². The SMILES string of the molecule is Nc1cccc(Br)c1Oc1ncc(Cl)cc1F. The minimum atomic E-state index is -0.646. The zero-order valence-electron chi connectivity index (χ0n) is 8.45. The Balaban J connectivity index is 2.38. The smallest absolute Gasteiger partial charge is 0.256 e. The average Bonchev–Trinajstić information content (AvgIpc) is 2.26. The van der Waals surface area contributed by atoms with E-state index in [0.29, 0.717) is 15.9 Å². The highest BCUT2D eigenvalue weighted by atomic mass is 79.9. The van der Waals surface area contributed by atoms with Crippen LogP contribution in [0, 0.1) is 5.82 Å². The zero-order chi connectivity index (χ0) is 12.4. The molecule has 0 spiro atoms. The molecule has 1 heterocycles. The van der Waals surface area contributed by atoms with E-state index < -0.39 is 5.82 Å². The van der Waals surface area contributed by atoms with Crippen LogP contribution in [0.1, 0.15) is 0 Å². The number of para-hydroxylation sites is 1. The summed E-state index contributed by atoms with van der Waals surface area (Å²) in [5.74, 6) is -0.498. The summed E-state index contributed by atoms with van der Waals surface area (Å²) >= 11 is 8.85. The molecule has 0 radical (unpaired) electrons. The molecule has 0 amide bonds. The lowest BCUT2D eigenvalue weighted by molar-refractivity contribution is 0.422. The number of nitrogens with two attached hydrogens (primary N) is 1. The summed E-state index contributed by atoms with van der Waals surface area (Å²) in [7, 11) is 0. The molecule has 0 saturated heterocycles. The second-order valence-electron chi connectivity index (χ2n) is 3.20. The average molecular weight is 318 g/mol. The first-order valence-electron chi connectivity index (χ1n) is 4.61. The number of hydrogen-bond donors (Lipinski definition) is 1. The Morgan fingerprint density at radius 1 is 1.41 bits per heavy atom. The number of pyridine rings is 1. The van der Waals surface area contributed by atoms with Crippen LogP contribution < -0.4 is 10.5 Å². The summed E-state index contributed by atoms with van der Waals surface area (Å²) in [6.45, 7) is 0. The van der Waals surface area contributed by atoms with Crippen LogP contribution in [0.5, 0.6) is 11.6 Å². The van der Waals surface area contributed by atoms with Gasteiger partial charge in [-0.15, -0.1) is 0 Å². The zero-order valence-corrected chi connectivity index (χ0v) is 10.8. The molecule has 17 heavy (non-hydrogen) atoms. The van der Waals surface area contributed by atoms with Gasteiger partial charge in [0, 0.05) is 6.20 Å². The number of nitrogen functional groups attached to an aromatic ring is 1. The van der Waals surface area contributed by atoms with Crippen molar-refractivity contribution in [3.63, 3.8) is 0 Å². The van der Waals surface area contributed by atoms with Gasteiger partial charge < -0.3 is 10.5 Å². The molecule has 0 aliphatic heterocycles. The number of rotatable bonds is 2. The van der Waals surface area contributed by atoms with Crippen LogP contribution in [-0.2, 0) is 0 Å². The molecular weight excluding hydrogens is 310 g/mol.